The van der Waals surface area contributed by atoms with Crippen LogP contribution in [0.1, 0.15) is 10.5 Å². The van der Waals surface area contributed by atoms with Crippen LogP contribution in [0.3, 0.4) is 0 Å². The van der Waals surface area contributed by atoms with Crippen molar-refractivity contribution in [2.75, 3.05) is 24.9 Å². The summed E-state index contributed by atoms with van der Waals surface area (Å²) in [6.07, 6.45) is 1.51. The van der Waals surface area contributed by atoms with Crippen molar-refractivity contribution >= 4 is 23.0 Å². The zero-order valence-corrected chi connectivity index (χ0v) is 14.8. The molecule has 0 saturated carbocycles. The summed E-state index contributed by atoms with van der Waals surface area (Å²) in [4.78, 5) is 16.5. The highest BCUT2D eigenvalue weighted by Crippen LogP contribution is 2.29. The lowest BCUT2D eigenvalue weighted by atomic mass is 10.2. The van der Waals surface area contributed by atoms with E-state index in [4.69, 9.17) is 9.47 Å². The van der Waals surface area contributed by atoms with Gasteiger partial charge in [-0.25, -0.2) is 9.37 Å². The average Bonchev–Trinajstić information content (AvgIpc) is 2.68. The van der Waals surface area contributed by atoms with Gasteiger partial charge in [-0.05, 0) is 42.5 Å². The molecule has 0 aliphatic rings. The van der Waals surface area contributed by atoms with Crippen molar-refractivity contribution in [2.45, 2.75) is 0 Å². The highest BCUT2D eigenvalue weighted by molar-refractivity contribution is 6.03. The number of nitrogens with one attached hydrogen (secondary N) is 2. The molecule has 2 aromatic carbocycles. The van der Waals surface area contributed by atoms with Crippen LogP contribution in [0.4, 0.5) is 21.5 Å². The van der Waals surface area contributed by atoms with Gasteiger partial charge in [0.05, 0.1) is 26.1 Å². The van der Waals surface area contributed by atoms with Crippen LogP contribution < -0.4 is 20.1 Å². The van der Waals surface area contributed by atoms with Crippen molar-refractivity contribution < 1.29 is 18.7 Å². The van der Waals surface area contributed by atoms with Crippen LogP contribution in [0.5, 0.6) is 11.5 Å². The summed E-state index contributed by atoms with van der Waals surface area (Å²) < 4.78 is 23.6. The van der Waals surface area contributed by atoms with Gasteiger partial charge in [-0.1, -0.05) is 6.07 Å². The number of hydrogen-bond acceptors (Lipinski definition) is 5. The number of nitrogens with zero attached hydrogens (tertiary/aromatic N) is 1. The van der Waals surface area contributed by atoms with Crippen LogP contribution in [0, 0.1) is 5.82 Å². The highest BCUT2D eigenvalue weighted by Gasteiger charge is 2.10. The Morgan fingerprint density at radius 1 is 0.926 bits per heavy atom. The van der Waals surface area contributed by atoms with E-state index in [2.05, 4.69) is 15.6 Å². The number of methoxy groups -OCH3 is 2. The number of ether oxygens (including phenoxy) is 2. The van der Waals surface area contributed by atoms with Gasteiger partial charge in [0.25, 0.3) is 5.91 Å². The number of amides is 1. The van der Waals surface area contributed by atoms with E-state index in [1.807, 2.05) is 0 Å². The number of benzene rings is 2. The minimum Gasteiger partial charge on any atom is -0.493 e. The van der Waals surface area contributed by atoms with E-state index in [9.17, 15) is 9.18 Å². The monoisotopic (exact) mass is 367 g/mol. The summed E-state index contributed by atoms with van der Waals surface area (Å²) in [7, 11) is 3.06. The second-order valence-electron chi connectivity index (χ2n) is 5.59. The molecule has 3 aromatic rings. The topological polar surface area (TPSA) is 72.5 Å². The molecule has 0 fully saturated rings. The summed E-state index contributed by atoms with van der Waals surface area (Å²) >= 11 is 0. The maximum atomic E-state index is 13.2. The Labute approximate surface area is 156 Å². The van der Waals surface area contributed by atoms with Crippen LogP contribution in [-0.2, 0) is 0 Å². The first kappa shape index (κ1) is 18.2. The van der Waals surface area contributed by atoms with Crippen molar-refractivity contribution in [3.8, 4) is 11.5 Å². The van der Waals surface area contributed by atoms with E-state index >= 15 is 0 Å². The van der Waals surface area contributed by atoms with E-state index in [1.165, 1.54) is 25.4 Å². The molecule has 6 nitrogen and oxygen atoms in total. The van der Waals surface area contributed by atoms with Crippen molar-refractivity contribution in [1.82, 2.24) is 4.98 Å². The molecule has 0 aliphatic heterocycles. The molecule has 0 bridgehead atoms. The average molecular weight is 367 g/mol. The van der Waals surface area contributed by atoms with Crippen molar-refractivity contribution in [3.63, 3.8) is 0 Å². The van der Waals surface area contributed by atoms with Gasteiger partial charge in [0.15, 0.2) is 11.5 Å². The molecular weight excluding hydrogens is 349 g/mol. The second-order valence-corrected chi connectivity index (χ2v) is 5.59. The molecule has 0 spiro atoms. The number of pyridine rings is 1. The van der Waals surface area contributed by atoms with Gasteiger partial charge in [0.1, 0.15) is 11.5 Å². The molecule has 0 atom stereocenters. The smallest absolute Gasteiger partial charge is 0.274 e. The first-order chi connectivity index (χ1) is 13.1. The fourth-order valence-electron chi connectivity index (χ4n) is 2.44. The quantitative estimate of drug-likeness (QED) is 0.682. The minimum atomic E-state index is -0.362. The Morgan fingerprint density at radius 3 is 2.37 bits per heavy atom. The standard InChI is InChI=1S/C20H18FN3O3/c1-26-18-9-7-15(11-19(18)27-2)24-20(25)17-8-6-16(12-22-17)23-14-5-3-4-13(21)10-14/h3-12,23H,1-2H3,(H,24,25). The Morgan fingerprint density at radius 2 is 1.70 bits per heavy atom. The molecule has 0 aliphatic carbocycles. The normalized spacial score (nSPS) is 10.2. The van der Waals surface area contributed by atoms with Crippen LogP contribution >= 0.6 is 0 Å². The van der Waals surface area contributed by atoms with E-state index in [0.29, 0.717) is 28.6 Å². The Balaban J connectivity index is 1.68. The van der Waals surface area contributed by atoms with Crippen LogP contribution in [0.15, 0.2) is 60.8 Å². The molecule has 0 unspecified atom stereocenters. The van der Waals surface area contributed by atoms with Crippen LogP contribution in [-0.4, -0.2) is 25.1 Å². The number of carbonyl (C=O) groups is 1. The third-order valence-corrected chi connectivity index (χ3v) is 3.75. The van der Waals surface area contributed by atoms with Gasteiger partial charge in [-0.15, -0.1) is 0 Å². The van der Waals surface area contributed by atoms with Crippen molar-refractivity contribution in [2.24, 2.45) is 0 Å². The van der Waals surface area contributed by atoms with E-state index in [0.717, 1.165) is 0 Å². The molecule has 138 valence electrons. The number of anilines is 3. The van der Waals surface area contributed by atoms with E-state index in [1.54, 1.807) is 49.6 Å². The Bertz CT molecular complexity index is 945. The van der Waals surface area contributed by atoms with Crippen LogP contribution in [0.2, 0.25) is 0 Å². The Hall–Kier alpha value is -3.61. The van der Waals surface area contributed by atoms with Crippen molar-refractivity contribution in [3.05, 3.63) is 72.3 Å². The minimum absolute atomic E-state index is 0.245. The first-order valence-electron chi connectivity index (χ1n) is 8.11. The number of carbonyl (C=O) groups excluding carboxylic acids is 1. The zero-order valence-electron chi connectivity index (χ0n) is 14.8. The molecule has 2 N–H and O–H groups in total. The zero-order chi connectivity index (χ0) is 19.2. The summed E-state index contributed by atoms with van der Waals surface area (Å²) in [6, 6.07) is 14.4. The molecule has 0 radical (unpaired) electrons. The van der Waals surface area contributed by atoms with Gasteiger partial charge in [0.2, 0.25) is 0 Å². The highest BCUT2D eigenvalue weighted by atomic mass is 19.1. The predicted molar refractivity (Wildman–Crippen MR) is 101 cm³/mol. The summed E-state index contributed by atoms with van der Waals surface area (Å²) in [6.45, 7) is 0. The summed E-state index contributed by atoms with van der Waals surface area (Å²) in [5.74, 6) is 0.387. The van der Waals surface area contributed by atoms with Gasteiger partial charge in [-0.2, -0.15) is 0 Å². The fourth-order valence-corrected chi connectivity index (χ4v) is 2.44. The SMILES string of the molecule is COc1ccc(NC(=O)c2ccc(Nc3cccc(F)c3)cn2)cc1OC. The molecule has 27 heavy (non-hydrogen) atoms. The van der Waals surface area contributed by atoms with E-state index < -0.39 is 0 Å². The van der Waals surface area contributed by atoms with Crippen molar-refractivity contribution in [1.29, 1.82) is 0 Å². The number of hydrogen-bond donors (Lipinski definition) is 2. The molecule has 7 heteroatoms. The molecule has 1 heterocycles. The maximum absolute atomic E-state index is 13.2. The molecular formula is C20H18FN3O3. The van der Waals surface area contributed by atoms with Gasteiger partial charge in [0, 0.05) is 17.4 Å². The fraction of sp³-hybridized carbons (Fsp3) is 0.100. The molecule has 1 aromatic heterocycles. The lowest BCUT2D eigenvalue weighted by Crippen LogP contribution is -2.13. The molecule has 0 saturated heterocycles. The molecule has 3 rings (SSSR count). The second kappa shape index (κ2) is 8.18. The third kappa shape index (κ3) is 4.52. The van der Waals surface area contributed by atoms with Gasteiger partial charge in [-0.3, -0.25) is 4.79 Å². The van der Waals surface area contributed by atoms with Gasteiger partial charge < -0.3 is 20.1 Å². The van der Waals surface area contributed by atoms with Gasteiger partial charge >= 0.3 is 0 Å². The first-order valence-corrected chi connectivity index (χ1v) is 8.11. The summed E-state index contributed by atoms with van der Waals surface area (Å²) in [5.41, 5.74) is 2.04. The lowest BCUT2D eigenvalue weighted by molar-refractivity contribution is 0.102. The molecule has 1 amide bonds. The van der Waals surface area contributed by atoms with E-state index in [-0.39, 0.29) is 17.4 Å². The lowest BCUT2D eigenvalue weighted by Gasteiger charge is -2.11. The van der Waals surface area contributed by atoms with Crippen LogP contribution in [0.25, 0.3) is 0 Å². The summed E-state index contributed by atoms with van der Waals surface area (Å²) in [5, 5.41) is 5.78. The number of rotatable bonds is 6. The number of halogens is 1. The third-order valence-electron chi connectivity index (χ3n) is 3.75. The largest absolute Gasteiger partial charge is 0.493 e. The Kier molecular flexibility index (Phi) is 5.51. The predicted octanol–water partition coefficient (Wildman–Crippen LogP) is 4.23. The number of aromatic nitrogens is 1. The maximum Gasteiger partial charge on any atom is 0.274 e.